The van der Waals surface area contributed by atoms with Crippen LogP contribution in [0.5, 0.6) is 11.5 Å². The smallest absolute Gasteiger partial charge is 0.326 e. The minimum absolute atomic E-state index is 0.137. The SMILES string of the molecule is Cc1cccc(Oc2ccc(NC(=O)N[C@@H](C(=O)O)C3CCOCC3)cc2)c1. The van der Waals surface area contributed by atoms with Crippen LogP contribution in [0.15, 0.2) is 48.5 Å². The highest BCUT2D eigenvalue weighted by molar-refractivity contribution is 5.92. The Morgan fingerprint density at radius 1 is 1.11 bits per heavy atom. The fourth-order valence-electron chi connectivity index (χ4n) is 3.16. The average Bonchev–Trinajstić information content (AvgIpc) is 2.68. The molecule has 0 aliphatic carbocycles. The van der Waals surface area contributed by atoms with Crippen LogP contribution in [-0.2, 0) is 9.53 Å². The van der Waals surface area contributed by atoms with Crippen LogP contribution >= 0.6 is 0 Å². The van der Waals surface area contributed by atoms with Gasteiger partial charge >= 0.3 is 12.0 Å². The fraction of sp³-hybridized carbons (Fsp3) is 0.333. The lowest BCUT2D eigenvalue weighted by Gasteiger charge is -2.28. The molecule has 2 aromatic rings. The quantitative estimate of drug-likeness (QED) is 0.704. The molecule has 1 atom stereocenters. The van der Waals surface area contributed by atoms with E-state index in [-0.39, 0.29) is 5.92 Å². The largest absolute Gasteiger partial charge is 0.480 e. The van der Waals surface area contributed by atoms with E-state index in [0.717, 1.165) is 11.3 Å². The molecule has 7 nitrogen and oxygen atoms in total. The Labute approximate surface area is 163 Å². The van der Waals surface area contributed by atoms with Crippen LogP contribution in [0.1, 0.15) is 18.4 Å². The molecule has 7 heteroatoms. The van der Waals surface area contributed by atoms with Gasteiger partial charge in [0.05, 0.1) is 0 Å². The second-order valence-electron chi connectivity index (χ2n) is 6.81. The molecule has 0 unspecified atom stereocenters. The molecule has 148 valence electrons. The highest BCUT2D eigenvalue weighted by Crippen LogP contribution is 2.24. The molecule has 1 fully saturated rings. The molecule has 0 saturated carbocycles. The predicted octanol–water partition coefficient (Wildman–Crippen LogP) is 3.79. The first kappa shape index (κ1) is 19.7. The van der Waals surface area contributed by atoms with Crippen molar-refractivity contribution in [3.05, 3.63) is 54.1 Å². The van der Waals surface area contributed by atoms with Crippen LogP contribution < -0.4 is 15.4 Å². The molecule has 3 N–H and O–H groups in total. The number of carboxylic acids is 1. The van der Waals surface area contributed by atoms with Gasteiger partial charge in [-0.15, -0.1) is 0 Å². The molecule has 3 rings (SSSR count). The van der Waals surface area contributed by atoms with Gasteiger partial charge in [-0.1, -0.05) is 12.1 Å². The number of anilines is 1. The standard InChI is InChI=1S/C21H24N2O5/c1-14-3-2-4-18(13-14)28-17-7-5-16(6-8-17)22-21(26)23-19(20(24)25)15-9-11-27-12-10-15/h2-8,13,15,19H,9-12H2,1H3,(H,24,25)(H2,22,23,26)/t19-/m1/s1. The van der Waals surface area contributed by atoms with Crippen LogP contribution in [0.4, 0.5) is 10.5 Å². The number of aliphatic carboxylic acids is 1. The van der Waals surface area contributed by atoms with Gasteiger partial charge < -0.3 is 25.2 Å². The highest BCUT2D eigenvalue weighted by Gasteiger charge is 2.31. The number of amides is 2. The Hall–Kier alpha value is -3.06. The first-order valence-electron chi connectivity index (χ1n) is 9.24. The summed E-state index contributed by atoms with van der Waals surface area (Å²) in [6.45, 7) is 3.02. The number of hydrogen-bond donors (Lipinski definition) is 3. The summed E-state index contributed by atoms with van der Waals surface area (Å²) in [5, 5.41) is 14.7. The van der Waals surface area contributed by atoms with Crippen LogP contribution in [0, 0.1) is 12.8 Å². The first-order chi connectivity index (χ1) is 13.5. The number of carbonyl (C=O) groups excluding carboxylic acids is 1. The monoisotopic (exact) mass is 384 g/mol. The highest BCUT2D eigenvalue weighted by atomic mass is 16.5. The molecule has 1 saturated heterocycles. The minimum Gasteiger partial charge on any atom is -0.480 e. The van der Waals surface area contributed by atoms with Gasteiger partial charge in [0.2, 0.25) is 0 Å². The van der Waals surface area contributed by atoms with Gasteiger partial charge in [0, 0.05) is 18.9 Å². The molecule has 1 heterocycles. The van der Waals surface area contributed by atoms with E-state index in [0.29, 0.717) is 37.5 Å². The molecule has 1 aliphatic rings. The van der Waals surface area contributed by atoms with Crippen molar-refractivity contribution in [1.82, 2.24) is 5.32 Å². The zero-order valence-corrected chi connectivity index (χ0v) is 15.7. The van der Waals surface area contributed by atoms with E-state index in [1.165, 1.54) is 0 Å². The molecule has 0 bridgehead atoms. The van der Waals surface area contributed by atoms with Crippen molar-refractivity contribution in [3.8, 4) is 11.5 Å². The number of hydrogen-bond acceptors (Lipinski definition) is 4. The summed E-state index contributed by atoms with van der Waals surface area (Å²) in [5.74, 6) is 0.201. The van der Waals surface area contributed by atoms with Crippen LogP contribution in [0.3, 0.4) is 0 Å². The maximum atomic E-state index is 12.2. The summed E-state index contributed by atoms with van der Waals surface area (Å²) in [6, 6.07) is 13.1. The molecule has 0 aromatic heterocycles. The molecule has 0 radical (unpaired) electrons. The summed E-state index contributed by atoms with van der Waals surface area (Å²) in [5.41, 5.74) is 1.65. The number of rotatable bonds is 6. The molecule has 28 heavy (non-hydrogen) atoms. The Balaban J connectivity index is 1.56. The van der Waals surface area contributed by atoms with Crippen LogP contribution in [0.2, 0.25) is 0 Å². The van der Waals surface area contributed by atoms with E-state index < -0.39 is 18.0 Å². The Morgan fingerprint density at radius 2 is 1.82 bits per heavy atom. The van der Waals surface area contributed by atoms with Crippen molar-refractivity contribution in [2.75, 3.05) is 18.5 Å². The normalized spacial score (nSPS) is 15.5. The zero-order chi connectivity index (χ0) is 19.9. The second kappa shape index (κ2) is 9.23. The maximum absolute atomic E-state index is 12.2. The van der Waals surface area contributed by atoms with Crippen molar-refractivity contribution < 1.29 is 24.2 Å². The number of aryl methyl sites for hydroxylation is 1. The van der Waals surface area contributed by atoms with Gasteiger partial charge in [-0.3, -0.25) is 0 Å². The average molecular weight is 384 g/mol. The second-order valence-corrected chi connectivity index (χ2v) is 6.81. The number of urea groups is 1. The summed E-state index contributed by atoms with van der Waals surface area (Å²) < 4.78 is 11.0. The topological polar surface area (TPSA) is 96.9 Å². The van der Waals surface area contributed by atoms with E-state index in [2.05, 4.69) is 10.6 Å². The summed E-state index contributed by atoms with van der Waals surface area (Å²) in [6.07, 6.45) is 1.23. The van der Waals surface area contributed by atoms with Crippen molar-refractivity contribution in [3.63, 3.8) is 0 Å². The number of carboxylic acid groups (broad SMARTS) is 1. The van der Waals surface area contributed by atoms with Crippen LogP contribution in [-0.4, -0.2) is 36.4 Å². The first-order valence-corrected chi connectivity index (χ1v) is 9.24. The molecule has 0 spiro atoms. The van der Waals surface area contributed by atoms with E-state index in [9.17, 15) is 14.7 Å². The zero-order valence-electron chi connectivity index (χ0n) is 15.7. The Morgan fingerprint density at radius 3 is 2.46 bits per heavy atom. The molecule has 1 aliphatic heterocycles. The van der Waals surface area contributed by atoms with Crippen LogP contribution in [0.25, 0.3) is 0 Å². The summed E-state index contributed by atoms with van der Waals surface area (Å²) in [7, 11) is 0. The lowest BCUT2D eigenvalue weighted by atomic mass is 9.92. The Bertz CT molecular complexity index is 816. The number of nitrogens with one attached hydrogen (secondary N) is 2. The van der Waals surface area contributed by atoms with Gasteiger partial charge in [0.1, 0.15) is 17.5 Å². The van der Waals surface area contributed by atoms with Gasteiger partial charge in [0.25, 0.3) is 0 Å². The van der Waals surface area contributed by atoms with E-state index in [1.807, 2.05) is 31.2 Å². The van der Waals surface area contributed by atoms with E-state index >= 15 is 0 Å². The summed E-state index contributed by atoms with van der Waals surface area (Å²) in [4.78, 5) is 23.8. The predicted molar refractivity (Wildman–Crippen MR) is 105 cm³/mol. The fourth-order valence-corrected chi connectivity index (χ4v) is 3.16. The third-order valence-corrected chi connectivity index (χ3v) is 4.63. The van der Waals surface area contributed by atoms with Crippen molar-refractivity contribution >= 4 is 17.7 Å². The third-order valence-electron chi connectivity index (χ3n) is 4.63. The van der Waals surface area contributed by atoms with Gasteiger partial charge in [-0.25, -0.2) is 9.59 Å². The molecule has 2 amide bonds. The number of carbonyl (C=O) groups is 2. The minimum atomic E-state index is -1.04. The molecular formula is C21H24N2O5. The van der Waals surface area contributed by atoms with Crippen molar-refractivity contribution in [2.45, 2.75) is 25.8 Å². The Kier molecular flexibility index (Phi) is 6.49. The molecule has 2 aromatic carbocycles. The third kappa shape index (κ3) is 5.47. The van der Waals surface area contributed by atoms with Crippen molar-refractivity contribution in [1.29, 1.82) is 0 Å². The molecular weight excluding hydrogens is 360 g/mol. The van der Waals surface area contributed by atoms with Gasteiger partial charge in [-0.05, 0) is 67.6 Å². The number of benzene rings is 2. The van der Waals surface area contributed by atoms with E-state index in [4.69, 9.17) is 9.47 Å². The maximum Gasteiger partial charge on any atom is 0.326 e. The summed E-state index contributed by atoms with van der Waals surface area (Å²) >= 11 is 0. The van der Waals surface area contributed by atoms with Gasteiger partial charge in [0.15, 0.2) is 0 Å². The van der Waals surface area contributed by atoms with E-state index in [1.54, 1.807) is 24.3 Å². The van der Waals surface area contributed by atoms with Gasteiger partial charge in [-0.2, -0.15) is 0 Å². The van der Waals surface area contributed by atoms with Crippen molar-refractivity contribution in [2.24, 2.45) is 5.92 Å². The lowest BCUT2D eigenvalue weighted by Crippen LogP contribution is -2.48. The number of ether oxygens (including phenoxy) is 2. The lowest BCUT2D eigenvalue weighted by molar-refractivity contribution is -0.141.